The Kier molecular flexibility index (Phi) is 3.19. The molecule has 1 N–H and O–H groups in total. The van der Waals surface area contributed by atoms with E-state index >= 15 is 0 Å². The molecule has 6 heteroatoms. The topological polar surface area (TPSA) is 76.2 Å². The van der Waals surface area contributed by atoms with Crippen LogP contribution in [0.5, 0.6) is 0 Å². The van der Waals surface area contributed by atoms with Gasteiger partial charge in [-0.25, -0.2) is 9.18 Å². The molecule has 0 atom stereocenters. The molecular weight excluding hydrogens is 275 g/mol. The molecule has 0 amide bonds. The Morgan fingerprint density at radius 1 is 1.10 bits per heavy atom. The summed E-state index contributed by atoms with van der Waals surface area (Å²) >= 11 is 0. The number of hydrogen-bond donors (Lipinski definition) is 1. The first-order chi connectivity index (χ1) is 10.1. The van der Waals surface area contributed by atoms with Crippen molar-refractivity contribution in [2.24, 2.45) is 0 Å². The second kappa shape index (κ2) is 5.16. The van der Waals surface area contributed by atoms with Crippen molar-refractivity contribution in [3.05, 3.63) is 59.9 Å². The minimum absolute atomic E-state index is 0.123. The number of hydrogen-bond acceptors (Lipinski definition) is 4. The molecular formula is C15H9FN2O3. The first-order valence-electron chi connectivity index (χ1n) is 6.07. The molecule has 0 unspecified atom stereocenters. The lowest BCUT2D eigenvalue weighted by atomic mass is 10.1. The van der Waals surface area contributed by atoms with E-state index in [1.807, 2.05) is 0 Å². The van der Waals surface area contributed by atoms with Gasteiger partial charge in [0.2, 0.25) is 5.82 Å². The van der Waals surface area contributed by atoms with Gasteiger partial charge in [0.05, 0.1) is 5.56 Å². The second-order valence-corrected chi connectivity index (χ2v) is 4.32. The highest BCUT2D eigenvalue weighted by atomic mass is 19.1. The molecule has 104 valence electrons. The van der Waals surface area contributed by atoms with Gasteiger partial charge in [0.15, 0.2) is 0 Å². The van der Waals surface area contributed by atoms with Crippen molar-refractivity contribution >= 4 is 5.97 Å². The summed E-state index contributed by atoms with van der Waals surface area (Å²) < 4.78 is 18.3. The van der Waals surface area contributed by atoms with Crippen LogP contribution in [0.25, 0.3) is 22.8 Å². The van der Waals surface area contributed by atoms with Crippen molar-refractivity contribution in [2.75, 3.05) is 0 Å². The van der Waals surface area contributed by atoms with Crippen molar-refractivity contribution in [1.82, 2.24) is 10.1 Å². The van der Waals surface area contributed by atoms with Crippen LogP contribution in [0.2, 0.25) is 0 Å². The summed E-state index contributed by atoms with van der Waals surface area (Å²) in [5.41, 5.74) is 1.10. The van der Waals surface area contributed by atoms with Crippen LogP contribution >= 0.6 is 0 Å². The molecule has 0 aliphatic heterocycles. The Morgan fingerprint density at radius 3 is 2.62 bits per heavy atom. The van der Waals surface area contributed by atoms with E-state index in [1.54, 1.807) is 24.3 Å². The van der Waals surface area contributed by atoms with Crippen LogP contribution in [0.15, 0.2) is 53.1 Å². The van der Waals surface area contributed by atoms with Crippen molar-refractivity contribution in [3.8, 4) is 22.8 Å². The largest absolute Gasteiger partial charge is 0.478 e. The average molecular weight is 284 g/mol. The summed E-state index contributed by atoms with van der Waals surface area (Å²) in [7, 11) is 0. The standard InChI is InChI=1S/C15H9FN2O3/c16-12-6-2-3-9(8-12)13-17-14(21-18-13)10-4-1-5-11(7-10)15(19)20/h1-8H,(H,19,20). The van der Waals surface area contributed by atoms with Gasteiger partial charge in [-0.15, -0.1) is 0 Å². The van der Waals surface area contributed by atoms with Crippen LogP contribution in [0, 0.1) is 5.82 Å². The molecule has 0 aliphatic rings. The second-order valence-electron chi connectivity index (χ2n) is 4.32. The van der Waals surface area contributed by atoms with Crippen LogP contribution in [-0.2, 0) is 0 Å². The summed E-state index contributed by atoms with van der Waals surface area (Å²) in [6.07, 6.45) is 0. The zero-order valence-electron chi connectivity index (χ0n) is 10.7. The Balaban J connectivity index is 1.98. The highest BCUT2D eigenvalue weighted by molar-refractivity contribution is 5.89. The summed E-state index contributed by atoms with van der Waals surface area (Å²) in [6.45, 7) is 0. The van der Waals surface area contributed by atoms with E-state index in [0.29, 0.717) is 11.1 Å². The summed E-state index contributed by atoms with van der Waals surface area (Å²) in [5.74, 6) is -1.02. The Labute approximate surface area is 118 Å². The molecule has 0 fully saturated rings. The number of carboxylic acids is 1. The maximum absolute atomic E-state index is 13.2. The van der Waals surface area contributed by atoms with E-state index in [4.69, 9.17) is 9.63 Å². The number of nitrogens with zero attached hydrogens (tertiary/aromatic N) is 2. The molecule has 0 aliphatic carbocycles. The zero-order chi connectivity index (χ0) is 14.8. The van der Waals surface area contributed by atoms with Crippen molar-refractivity contribution in [3.63, 3.8) is 0 Å². The van der Waals surface area contributed by atoms with Gasteiger partial charge in [-0.05, 0) is 30.3 Å². The number of aromatic nitrogens is 2. The number of halogens is 1. The minimum Gasteiger partial charge on any atom is -0.478 e. The van der Waals surface area contributed by atoms with Gasteiger partial charge in [0, 0.05) is 11.1 Å². The number of benzene rings is 2. The molecule has 21 heavy (non-hydrogen) atoms. The number of carbonyl (C=O) groups is 1. The van der Waals surface area contributed by atoms with Gasteiger partial charge in [-0.3, -0.25) is 0 Å². The zero-order valence-corrected chi connectivity index (χ0v) is 10.7. The van der Waals surface area contributed by atoms with Crippen LogP contribution in [0.3, 0.4) is 0 Å². The molecule has 0 saturated heterocycles. The van der Waals surface area contributed by atoms with Crippen LogP contribution in [-0.4, -0.2) is 21.2 Å². The van der Waals surface area contributed by atoms with E-state index in [0.717, 1.165) is 0 Å². The van der Waals surface area contributed by atoms with E-state index in [9.17, 15) is 9.18 Å². The molecule has 1 aromatic heterocycles. The normalized spacial score (nSPS) is 10.5. The lowest BCUT2D eigenvalue weighted by molar-refractivity contribution is 0.0697. The summed E-state index contributed by atoms with van der Waals surface area (Å²) in [6, 6.07) is 12.0. The van der Waals surface area contributed by atoms with E-state index < -0.39 is 11.8 Å². The number of rotatable bonds is 3. The fourth-order valence-corrected chi connectivity index (χ4v) is 1.87. The molecule has 0 spiro atoms. The van der Waals surface area contributed by atoms with Crippen LogP contribution < -0.4 is 0 Å². The van der Waals surface area contributed by atoms with Crippen LogP contribution in [0.4, 0.5) is 4.39 Å². The summed E-state index contributed by atoms with van der Waals surface area (Å²) in [5, 5.41) is 12.7. The smallest absolute Gasteiger partial charge is 0.335 e. The fourth-order valence-electron chi connectivity index (χ4n) is 1.87. The Morgan fingerprint density at radius 2 is 1.86 bits per heavy atom. The quantitative estimate of drug-likeness (QED) is 0.799. The SMILES string of the molecule is O=C(O)c1cccc(-c2nc(-c3cccc(F)c3)no2)c1. The lowest BCUT2D eigenvalue weighted by Crippen LogP contribution is -1.95. The molecule has 1 heterocycles. The molecule has 3 aromatic rings. The molecule has 5 nitrogen and oxygen atoms in total. The summed E-state index contributed by atoms with van der Waals surface area (Å²) in [4.78, 5) is 15.1. The van der Waals surface area contributed by atoms with Crippen molar-refractivity contribution in [1.29, 1.82) is 0 Å². The predicted molar refractivity (Wildman–Crippen MR) is 72.1 cm³/mol. The van der Waals surface area contributed by atoms with Gasteiger partial charge in [0.1, 0.15) is 5.82 Å². The fraction of sp³-hybridized carbons (Fsp3) is 0. The first-order valence-corrected chi connectivity index (χ1v) is 6.07. The maximum Gasteiger partial charge on any atom is 0.335 e. The van der Waals surface area contributed by atoms with E-state index in [-0.39, 0.29) is 17.3 Å². The van der Waals surface area contributed by atoms with Gasteiger partial charge in [0.25, 0.3) is 5.89 Å². The lowest BCUT2D eigenvalue weighted by Gasteiger charge is -1.96. The van der Waals surface area contributed by atoms with Gasteiger partial charge in [-0.2, -0.15) is 4.98 Å². The minimum atomic E-state index is -1.04. The monoisotopic (exact) mass is 284 g/mol. The highest BCUT2D eigenvalue weighted by Gasteiger charge is 2.12. The Bertz CT molecular complexity index is 814. The third-order valence-electron chi connectivity index (χ3n) is 2.87. The third kappa shape index (κ3) is 2.64. The third-order valence-corrected chi connectivity index (χ3v) is 2.87. The molecule has 3 rings (SSSR count). The Hall–Kier alpha value is -3.02. The van der Waals surface area contributed by atoms with E-state index in [1.165, 1.54) is 24.3 Å². The number of aromatic carboxylic acids is 1. The van der Waals surface area contributed by atoms with Gasteiger partial charge in [-0.1, -0.05) is 23.4 Å². The molecule has 2 aromatic carbocycles. The molecule has 0 bridgehead atoms. The highest BCUT2D eigenvalue weighted by Crippen LogP contribution is 2.23. The average Bonchev–Trinajstić information content (AvgIpc) is 2.97. The molecule has 0 radical (unpaired) electrons. The van der Waals surface area contributed by atoms with Gasteiger partial charge < -0.3 is 9.63 Å². The predicted octanol–water partition coefficient (Wildman–Crippen LogP) is 3.24. The van der Waals surface area contributed by atoms with Gasteiger partial charge >= 0.3 is 5.97 Å². The first kappa shape index (κ1) is 13.0. The van der Waals surface area contributed by atoms with Crippen molar-refractivity contribution in [2.45, 2.75) is 0 Å². The van der Waals surface area contributed by atoms with E-state index in [2.05, 4.69) is 10.1 Å². The van der Waals surface area contributed by atoms with Crippen LogP contribution in [0.1, 0.15) is 10.4 Å². The maximum atomic E-state index is 13.2. The molecule has 0 saturated carbocycles. The number of carboxylic acid groups (broad SMARTS) is 1. The van der Waals surface area contributed by atoms with Crippen molar-refractivity contribution < 1.29 is 18.8 Å².